The van der Waals surface area contributed by atoms with E-state index in [-0.39, 0.29) is 23.4 Å². The van der Waals surface area contributed by atoms with Crippen molar-refractivity contribution in [3.8, 4) is 0 Å². The van der Waals surface area contributed by atoms with Crippen LogP contribution in [0, 0.1) is 17.0 Å². The number of non-ortho nitro benzene ring substituents is 1. The highest BCUT2D eigenvalue weighted by molar-refractivity contribution is 6.07. The Morgan fingerprint density at radius 3 is 2.28 bits per heavy atom. The smallest absolute Gasteiger partial charge is 0.338 e. The molecule has 7 nitrogen and oxygen atoms in total. The molecule has 0 bridgehead atoms. The monoisotopic (exact) mass is 342 g/mol. The number of aryl methyl sites for hydroxylation is 1. The van der Waals surface area contributed by atoms with Gasteiger partial charge < -0.3 is 9.64 Å². The summed E-state index contributed by atoms with van der Waals surface area (Å²) in [6, 6.07) is 10.8. The van der Waals surface area contributed by atoms with Crippen LogP contribution in [0.5, 0.6) is 0 Å². The van der Waals surface area contributed by atoms with Crippen LogP contribution in [0.2, 0.25) is 0 Å². The summed E-state index contributed by atoms with van der Waals surface area (Å²) >= 11 is 0. The Hall–Kier alpha value is -3.22. The standard InChI is InChI=1S/C18H18N2O5/c1-4-25-18(22)14-9-13(10-16(11-14)20(23)24)17(21)19(3)15-7-5-12(2)6-8-15/h5-11H,4H2,1-3H3. The maximum atomic E-state index is 12.7. The Kier molecular flexibility index (Phi) is 5.49. The zero-order chi connectivity index (χ0) is 18.6. The lowest BCUT2D eigenvalue weighted by Crippen LogP contribution is -2.26. The minimum atomic E-state index is -0.710. The number of nitro benzene ring substituents is 1. The number of carbonyl (C=O) groups excluding carboxylic acids is 2. The van der Waals surface area contributed by atoms with Crippen LogP contribution < -0.4 is 4.90 Å². The maximum Gasteiger partial charge on any atom is 0.338 e. The first-order valence-electron chi connectivity index (χ1n) is 7.64. The number of amides is 1. The van der Waals surface area contributed by atoms with E-state index in [2.05, 4.69) is 0 Å². The Bertz CT molecular complexity index is 815. The molecule has 25 heavy (non-hydrogen) atoms. The highest BCUT2D eigenvalue weighted by atomic mass is 16.6. The van der Waals surface area contributed by atoms with Crippen molar-refractivity contribution in [1.82, 2.24) is 0 Å². The average Bonchev–Trinajstić information content (AvgIpc) is 2.60. The van der Waals surface area contributed by atoms with Gasteiger partial charge in [0.15, 0.2) is 0 Å². The van der Waals surface area contributed by atoms with Gasteiger partial charge in [0, 0.05) is 30.4 Å². The molecule has 0 radical (unpaired) electrons. The van der Waals surface area contributed by atoms with Crippen molar-refractivity contribution in [2.75, 3.05) is 18.6 Å². The van der Waals surface area contributed by atoms with Crippen LogP contribution in [0.1, 0.15) is 33.2 Å². The normalized spacial score (nSPS) is 10.2. The Balaban J connectivity index is 2.42. The summed E-state index contributed by atoms with van der Waals surface area (Å²) in [4.78, 5) is 36.4. The summed E-state index contributed by atoms with van der Waals surface area (Å²) in [5.74, 6) is -1.17. The van der Waals surface area contributed by atoms with Crippen LogP contribution in [0.25, 0.3) is 0 Å². The third kappa shape index (κ3) is 4.20. The predicted octanol–water partition coefficient (Wildman–Crippen LogP) is 3.36. The lowest BCUT2D eigenvalue weighted by molar-refractivity contribution is -0.384. The maximum absolute atomic E-state index is 12.7. The molecular weight excluding hydrogens is 324 g/mol. The molecule has 0 unspecified atom stereocenters. The summed E-state index contributed by atoms with van der Waals surface area (Å²) < 4.78 is 4.87. The predicted molar refractivity (Wildman–Crippen MR) is 93.0 cm³/mol. The molecule has 0 atom stereocenters. The summed E-state index contributed by atoms with van der Waals surface area (Å²) in [6.45, 7) is 3.69. The third-order valence-corrected chi connectivity index (χ3v) is 3.61. The van der Waals surface area contributed by atoms with E-state index in [1.54, 1.807) is 26.1 Å². The second kappa shape index (κ2) is 7.57. The Morgan fingerprint density at radius 1 is 1.12 bits per heavy atom. The molecule has 130 valence electrons. The molecule has 0 saturated carbocycles. The molecular formula is C18H18N2O5. The van der Waals surface area contributed by atoms with Gasteiger partial charge in [-0.1, -0.05) is 17.7 Å². The number of carbonyl (C=O) groups is 2. The van der Waals surface area contributed by atoms with E-state index in [0.29, 0.717) is 5.69 Å². The topological polar surface area (TPSA) is 89.8 Å². The molecule has 1 amide bonds. The molecule has 0 fully saturated rings. The summed E-state index contributed by atoms with van der Waals surface area (Å²) in [5.41, 5.74) is 1.35. The van der Waals surface area contributed by atoms with Crippen molar-refractivity contribution in [2.45, 2.75) is 13.8 Å². The van der Waals surface area contributed by atoms with Gasteiger partial charge in [0.1, 0.15) is 0 Å². The molecule has 2 aromatic carbocycles. The van der Waals surface area contributed by atoms with Crippen LogP contribution in [0.15, 0.2) is 42.5 Å². The first kappa shape index (κ1) is 18.1. The molecule has 0 aromatic heterocycles. The summed E-state index contributed by atoms with van der Waals surface area (Å²) in [5, 5.41) is 11.1. The second-order valence-electron chi connectivity index (χ2n) is 5.45. The van der Waals surface area contributed by atoms with Crippen LogP contribution in [-0.2, 0) is 4.74 Å². The summed E-state index contributed by atoms with van der Waals surface area (Å²) in [7, 11) is 1.57. The van der Waals surface area contributed by atoms with Crippen molar-refractivity contribution >= 4 is 23.3 Å². The van der Waals surface area contributed by atoms with Gasteiger partial charge in [0.05, 0.1) is 17.1 Å². The molecule has 0 aliphatic heterocycles. The molecule has 0 spiro atoms. The lowest BCUT2D eigenvalue weighted by Gasteiger charge is -2.18. The van der Waals surface area contributed by atoms with Crippen molar-refractivity contribution in [1.29, 1.82) is 0 Å². The summed E-state index contributed by atoms with van der Waals surface area (Å²) in [6.07, 6.45) is 0. The fraction of sp³-hybridized carbons (Fsp3) is 0.222. The zero-order valence-electron chi connectivity index (χ0n) is 14.2. The van der Waals surface area contributed by atoms with E-state index < -0.39 is 16.8 Å². The highest BCUT2D eigenvalue weighted by Gasteiger charge is 2.21. The molecule has 0 aliphatic carbocycles. The Labute approximate surface area is 145 Å². The largest absolute Gasteiger partial charge is 0.462 e. The lowest BCUT2D eigenvalue weighted by atomic mass is 10.1. The minimum Gasteiger partial charge on any atom is -0.462 e. The number of rotatable bonds is 5. The first-order valence-corrected chi connectivity index (χ1v) is 7.64. The first-order chi connectivity index (χ1) is 11.8. The molecule has 0 heterocycles. The van der Waals surface area contributed by atoms with Gasteiger partial charge in [0.2, 0.25) is 0 Å². The quantitative estimate of drug-likeness (QED) is 0.472. The van der Waals surface area contributed by atoms with Gasteiger partial charge in [-0.3, -0.25) is 14.9 Å². The van der Waals surface area contributed by atoms with Gasteiger partial charge in [-0.15, -0.1) is 0 Å². The van der Waals surface area contributed by atoms with Crippen molar-refractivity contribution in [3.05, 3.63) is 69.3 Å². The van der Waals surface area contributed by atoms with Gasteiger partial charge in [-0.2, -0.15) is 0 Å². The van der Waals surface area contributed by atoms with Gasteiger partial charge in [0.25, 0.3) is 11.6 Å². The second-order valence-corrected chi connectivity index (χ2v) is 5.45. The fourth-order valence-corrected chi connectivity index (χ4v) is 2.25. The minimum absolute atomic E-state index is 0.0308. The number of esters is 1. The highest BCUT2D eigenvalue weighted by Crippen LogP contribution is 2.22. The van der Waals surface area contributed by atoms with Gasteiger partial charge in [-0.05, 0) is 32.0 Å². The molecule has 2 rings (SSSR count). The fourth-order valence-electron chi connectivity index (χ4n) is 2.25. The number of hydrogen-bond acceptors (Lipinski definition) is 5. The van der Waals surface area contributed by atoms with Crippen LogP contribution in [-0.4, -0.2) is 30.5 Å². The van der Waals surface area contributed by atoms with E-state index in [1.807, 2.05) is 19.1 Å². The zero-order valence-corrected chi connectivity index (χ0v) is 14.2. The van der Waals surface area contributed by atoms with Gasteiger partial charge >= 0.3 is 5.97 Å². The molecule has 2 aromatic rings. The molecule has 0 N–H and O–H groups in total. The van der Waals surface area contributed by atoms with E-state index in [0.717, 1.165) is 17.7 Å². The van der Waals surface area contributed by atoms with Crippen LogP contribution >= 0.6 is 0 Å². The number of nitrogens with zero attached hydrogens (tertiary/aromatic N) is 2. The molecule has 0 saturated heterocycles. The Morgan fingerprint density at radius 2 is 1.72 bits per heavy atom. The van der Waals surface area contributed by atoms with Crippen molar-refractivity contribution in [2.24, 2.45) is 0 Å². The SMILES string of the molecule is CCOC(=O)c1cc(C(=O)N(C)c2ccc(C)cc2)cc([N+](=O)[O-])c1. The van der Waals surface area contributed by atoms with Gasteiger partial charge in [-0.25, -0.2) is 4.79 Å². The van der Waals surface area contributed by atoms with E-state index in [1.165, 1.54) is 11.0 Å². The average molecular weight is 342 g/mol. The van der Waals surface area contributed by atoms with Crippen LogP contribution in [0.4, 0.5) is 11.4 Å². The number of benzene rings is 2. The third-order valence-electron chi connectivity index (χ3n) is 3.61. The molecule has 7 heteroatoms. The van der Waals surface area contributed by atoms with E-state index >= 15 is 0 Å². The van der Waals surface area contributed by atoms with Crippen molar-refractivity contribution < 1.29 is 19.2 Å². The molecule has 0 aliphatic rings. The van der Waals surface area contributed by atoms with E-state index in [9.17, 15) is 19.7 Å². The number of nitro groups is 1. The van der Waals surface area contributed by atoms with Crippen LogP contribution in [0.3, 0.4) is 0 Å². The number of anilines is 1. The van der Waals surface area contributed by atoms with E-state index in [4.69, 9.17) is 4.74 Å². The number of hydrogen-bond donors (Lipinski definition) is 0. The number of ether oxygens (including phenoxy) is 1. The van der Waals surface area contributed by atoms with Crippen molar-refractivity contribution in [3.63, 3.8) is 0 Å².